The van der Waals surface area contributed by atoms with Crippen LogP contribution >= 0.6 is 0 Å². The number of rotatable bonds is 1. The lowest BCUT2D eigenvalue weighted by molar-refractivity contribution is 0.0140. The number of aromatic hydroxyl groups is 1. The highest BCUT2D eigenvalue weighted by molar-refractivity contribution is 5.96. The molecule has 6 nitrogen and oxygen atoms in total. The Balaban J connectivity index is 1.98. The summed E-state index contributed by atoms with van der Waals surface area (Å²) in [6.45, 7) is 9.00. The van der Waals surface area contributed by atoms with Crippen LogP contribution in [-0.4, -0.2) is 58.7 Å². The van der Waals surface area contributed by atoms with Gasteiger partial charge in [-0.3, -0.25) is 4.79 Å². The van der Waals surface area contributed by atoms with E-state index in [1.165, 1.54) is 0 Å². The molecule has 1 saturated heterocycles. The summed E-state index contributed by atoms with van der Waals surface area (Å²) >= 11 is 0. The number of piperazine rings is 1. The van der Waals surface area contributed by atoms with E-state index in [4.69, 9.17) is 4.74 Å². The summed E-state index contributed by atoms with van der Waals surface area (Å²) in [5.41, 5.74) is 0.547. The van der Waals surface area contributed by atoms with Crippen molar-refractivity contribution >= 4 is 12.0 Å². The van der Waals surface area contributed by atoms with Gasteiger partial charge in [0, 0.05) is 37.3 Å². The van der Waals surface area contributed by atoms with Gasteiger partial charge in [0.25, 0.3) is 5.91 Å². The number of nitrogens with zero attached hydrogens (tertiary/aromatic N) is 2. The van der Waals surface area contributed by atoms with Gasteiger partial charge < -0.3 is 19.6 Å². The molecule has 0 saturated carbocycles. The van der Waals surface area contributed by atoms with Crippen LogP contribution in [0.4, 0.5) is 4.79 Å². The molecule has 1 aromatic rings. The van der Waals surface area contributed by atoms with Crippen LogP contribution < -0.4 is 0 Å². The van der Waals surface area contributed by atoms with Gasteiger partial charge in [0.05, 0.1) is 0 Å². The summed E-state index contributed by atoms with van der Waals surface area (Å²) in [4.78, 5) is 27.9. The van der Waals surface area contributed by atoms with Gasteiger partial charge in [0.1, 0.15) is 11.4 Å². The molecule has 1 aliphatic heterocycles. The summed E-state index contributed by atoms with van der Waals surface area (Å²) in [5.74, 6) is -0.00882. The first-order valence-corrected chi connectivity index (χ1v) is 7.75. The molecule has 126 valence electrons. The summed E-state index contributed by atoms with van der Waals surface area (Å²) in [6.07, 6.45) is -0.349. The van der Waals surface area contributed by atoms with Crippen LogP contribution in [0.2, 0.25) is 0 Å². The maximum absolute atomic E-state index is 12.6. The topological polar surface area (TPSA) is 70.1 Å². The Bertz CT molecular complexity index is 599. The van der Waals surface area contributed by atoms with Crippen LogP contribution in [0.5, 0.6) is 5.75 Å². The number of benzene rings is 1. The van der Waals surface area contributed by atoms with Crippen molar-refractivity contribution in [2.75, 3.05) is 26.2 Å². The van der Waals surface area contributed by atoms with E-state index in [9.17, 15) is 14.7 Å². The van der Waals surface area contributed by atoms with E-state index in [0.717, 1.165) is 0 Å². The summed E-state index contributed by atoms with van der Waals surface area (Å²) in [6, 6.07) is 4.93. The second-order valence-electron chi connectivity index (χ2n) is 6.71. The number of phenolic OH excluding ortho intramolecular Hbond substituents is 1. The minimum Gasteiger partial charge on any atom is -0.508 e. The first-order chi connectivity index (χ1) is 10.7. The third kappa shape index (κ3) is 4.15. The minimum absolute atomic E-state index is 0.114. The van der Waals surface area contributed by atoms with Crippen molar-refractivity contribution in [3.8, 4) is 5.75 Å². The molecule has 0 atom stereocenters. The molecule has 0 bridgehead atoms. The number of phenols is 1. The van der Waals surface area contributed by atoms with Crippen LogP contribution in [-0.2, 0) is 4.74 Å². The molecule has 23 heavy (non-hydrogen) atoms. The van der Waals surface area contributed by atoms with Crippen LogP contribution in [0.3, 0.4) is 0 Å². The molecular weight excluding hydrogens is 296 g/mol. The van der Waals surface area contributed by atoms with Crippen LogP contribution in [0, 0.1) is 6.92 Å². The molecule has 2 amide bonds. The van der Waals surface area contributed by atoms with Gasteiger partial charge in [-0.2, -0.15) is 0 Å². The number of ether oxygens (including phenoxy) is 1. The Kier molecular flexibility index (Phi) is 4.82. The maximum atomic E-state index is 12.6. The normalized spacial score (nSPS) is 15.5. The lowest BCUT2D eigenvalue weighted by atomic mass is 10.1. The van der Waals surface area contributed by atoms with Crippen molar-refractivity contribution < 1.29 is 19.4 Å². The first-order valence-electron chi connectivity index (χ1n) is 7.75. The van der Waals surface area contributed by atoms with Gasteiger partial charge in [-0.05, 0) is 39.8 Å². The summed E-state index contributed by atoms with van der Waals surface area (Å²) in [5, 5.41) is 9.73. The summed E-state index contributed by atoms with van der Waals surface area (Å²) < 4.78 is 5.34. The number of amides is 2. The molecule has 0 spiro atoms. The number of hydrogen-bond acceptors (Lipinski definition) is 4. The van der Waals surface area contributed by atoms with E-state index in [0.29, 0.717) is 37.3 Å². The SMILES string of the molecule is Cc1c(O)cccc1C(=O)N1CCN(C(=O)OC(C)(C)C)CC1. The second-order valence-corrected chi connectivity index (χ2v) is 6.71. The van der Waals surface area contributed by atoms with E-state index in [-0.39, 0.29) is 17.7 Å². The molecule has 0 radical (unpaired) electrons. The molecule has 1 N–H and O–H groups in total. The Morgan fingerprint density at radius 2 is 1.65 bits per heavy atom. The average Bonchev–Trinajstić information content (AvgIpc) is 2.48. The van der Waals surface area contributed by atoms with Crippen molar-refractivity contribution in [1.29, 1.82) is 0 Å². The van der Waals surface area contributed by atoms with E-state index in [1.54, 1.807) is 34.9 Å². The fourth-order valence-electron chi connectivity index (χ4n) is 2.44. The molecule has 2 rings (SSSR count). The fourth-order valence-corrected chi connectivity index (χ4v) is 2.44. The van der Waals surface area contributed by atoms with Crippen molar-refractivity contribution in [3.05, 3.63) is 29.3 Å². The van der Waals surface area contributed by atoms with Crippen LogP contribution in [0.1, 0.15) is 36.7 Å². The van der Waals surface area contributed by atoms with E-state index in [2.05, 4.69) is 0 Å². The largest absolute Gasteiger partial charge is 0.508 e. The van der Waals surface area contributed by atoms with E-state index >= 15 is 0 Å². The Morgan fingerprint density at radius 1 is 1.09 bits per heavy atom. The van der Waals surface area contributed by atoms with Gasteiger partial charge >= 0.3 is 6.09 Å². The highest BCUT2D eigenvalue weighted by atomic mass is 16.6. The molecule has 0 unspecified atom stereocenters. The predicted molar refractivity (Wildman–Crippen MR) is 86.6 cm³/mol. The highest BCUT2D eigenvalue weighted by Gasteiger charge is 2.28. The minimum atomic E-state index is -0.525. The molecular formula is C17H24N2O4. The zero-order chi connectivity index (χ0) is 17.2. The Labute approximate surface area is 136 Å². The van der Waals surface area contributed by atoms with E-state index < -0.39 is 5.60 Å². The fraction of sp³-hybridized carbons (Fsp3) is 0.529. The molecule has 0 aliphatic carbocycles. The standard InChI is InChI=1S/C17H24N2O4/c1-12-13(6-5-7-14(12)20)15(21)18-8-10-19(11-9-18)16(22)23-17(2,3)4/h5-7,20H,8-11H2,1-4H3. The predicted octanol–water partition coefficient (Wildman–Crippen LogP) is 2.39. The zero-order valence-corrected chi connectivity index (χ0v) is 14.1. The average molecular weight is 320 g/mol. The second kappa shape index (κ2) is 6.48. The molecule has 1 fully saturated rings. The van der Waals surface area contributed by atoms with Gasteiger partial charge in [-0.15, -0.1) is 0 Å². The maximum Gasteiger partial charge on any atom is 0.410 e. The first kappa shape index (κ1) is 17.1. The number of carbonyl (C=O) groups is 2. The lowest BCUT2D eigenvalue weighted by Gasteiger charge is -2.35. The number of carbonyl (C=O) groups excluding carboxylic acids is 2. The van der Waals surface area contributed by atoms with E-state index in [1.807, 2.05) is 20.8 Å². The van der Waals surface area contributed by atoms with Crippen molar-refractivity contribution in [3.63, 3.8) is 0 Å². The molecule has 1 aromatic carbocycles. The molecule has 1 heterocycles. The van der Waals surface area contributed by atoms with Gasteiger partial charge in [-0.25, -0.2) is 4.79 Å². The third-order valence-electron chi connectivity index (χ3n) is 3.75. The van der Waals surface area contributed by atoms with Crippen molar-refractivity contribution in [1.82, 2.24) is 9.80 Å². The smallest absolute Gasteiger partial charge is 0.410 e. The summed E-state index contributed by atoms with van der Waals surface area (Å²) in [7, 11) is 0. The Hall–Kier alpha value is -2.24. The van der Waals surface area contributed by atoms with Gasteiger partial charge in [0.15, 0.2) is 0 Å². The van der Waals surface area contributed by atoms with Crippen molar-refractivity contribution in [2.45, 2.75) is 33.3 Å². The molecule has 1 aliphatic rings. The van der Waals surface area contributed by atoms with Gasteiger partial charge in [0.2, 0.25) is 0 Å². The third-order valence-corrected chi connectivity index (χ3v) is 3.75. The Morgan fingerprint density at radius 3 is 2.22 bits per heavy atom. The monoisotopic (exact) mass is 320 g/mol. The van der Waals surface area contributed by atoms with Crippen LogP contribution in [0.25, 0.3) is 0 Å². The number of hydrogen-bond donors (Lipinski definition) is 1. The van der Waals surface area contributed by atoms with Gasteiger partial charge in [-0.1, -0.05) is 6.07 Å². The quantitative estimate of drug-likeness (QED) is 0.862. The lowest BCUT2D eigenvalue weighted by Crippen LogP contribution is -2.51. The van der Waals surface area contributed by atoms with Crippen molar-refractivity contribution in [2.24, 2.45) is 0 Å². The highest BCUT2D eigenvalue weighted by Crippen LogP contribution is 2.21. The zero-order valence-electron chi connectivity index (χ0n) is 14.1. The molecule has 6 heteroatoms. The molecule has 0 aromatic heterocycles. The van der Waals surface area contributed by atoms with Crippen LogP contribution in [0.15, 0.2) is 18.2 Å².